The summed E-state index contributed by atoms with van der Waals surface area (Å²) in [5, 5.41) is 3.64. The Hall–Kier alpha value is -2.29. The predicted molar refractivity (Wildman–Crippen MR) is 122 cm³/mol. The summed E-state index contributed by atoms with van der Waals surface area (Å²) < 4.78 is 39.0. The van der Waals surface area contributed by atoms with Gasteiger partial charge in [-0.2, -0.15) is 4.31 Å². The van der Waals surface area contributed by atoms with Gasteiger partial charge in [-0.25, -0.2) is 8.42 Å². The van der Waals surface area contributed by atoms with Gasteiger partial charge in [0.1, 0.15) is 0 Å². The highest BCUT2D eigenvalue weighted by atomic mass is 35.5. The van der Waals surface area contributed by atoms with Crippen LogP contribution in [0.2, 0.25) is 5.02 Å². The average molecular weight is 479 g/mol. The number of carbonyl (C=O) groups excluding carboxylic acids is 1. The molecule has 32 heavy (non-hydrogen) atoms. The van der Waals surface area contributed by atoms with Gasteiger partial charge in [-0.15, -0.1) is 0 Å². The largest absolute Gasteiger partial charge is 0.490 e. The maximum atomic E-state index is 13.1. The van der Waals surface area contributed by atoms with Gasteiger partial charge in [-0.05, 0) is 49.6 Å². The second-order valence-electron chi connectivity index (χ2n) is 8.12. The summed E-state index contributed by atoms with van der Waals surface area (Å²) >= 11 is 6.04. The Morgan fingerprint density at radius 2 is 1.81 bits per heavy atom. The van der Waals surface area contributed by atoms with Crippen molar-refractivity contribution in [2.75, 3.05) is 26.3 Å². The molecule has 2 aliphatic rings. The first-order chi connectivity index (χ1) is 15.3. The lowest BCUT2D eigenvalue weighted by molar-refractivity contribution is -0.126. The molecule has 7 nitrogen and oxygen atoms in total. The number of carbonyl (C=O) groups is 1. The first-order valence-corrected chi connectivity index (χ1v) is 12.6. The van der Waals surface area contributed by atoms with Gasteiger partial charge in [-0.1, -0.05) is 23.7 Å². The van der Waals surface area contributed by atoms with Crippen molar-refractivity contribution in [2.24, 2.45) is 5.92 Å². The van der Waals surface area contributed by atoms with Crippen LogP contribution in [0.15, 0.2) is 47.4 Å². The highest BCUT2D eigenvalue weighted by molar-refractivity contribution is 7.89. The number of rotatable bonds is 5. The maximum Gasteiger partial charge on any atom is 0.243 e. The van der Waals surface area contributed by atoms with Crippen LogP contribution >= 0.6 is 11.6 Å². The molecule has 2 aliphatic heterocycles. The van der Waals surface area contributed by atoms with Crippen LogP contribution in [0.25, 0.3) is 0 Å². The molecule has 4 rings (SSSR count). The van der Waals surface area contributed by atoms with Crippen molar-refractivity contribution in [1.82, 2.24) is 9.62 Å². The van der Waals surface area contributed by atoms with E-state index in [1.807, 2.05) is 25.1 Å². The molecule has 1 amide bonds. The molecule has 1 fully saturated rings. The van der Waals surface area contributed by atoms with Gasteiger partial charge in [0.15, 0.2) is 11.5 Å². The molecule has 2 heterocycles. The molecule has 0 aliphatic carbocycles. The highest BCUT2D eigenvalue weighted by Gasteiger charge is 2.33. The van der Waals surface area contributed by atoms with Crippen LogP contribution in [-0.4, -0.2) is 44.9 Å². The van der Waals surface area contributed by atoms with Crippen LogP contribution < -0.4 is 14.8 Å². The van der Waals surface area contributed by atoms with E-state index in [1.54, 1.807) is 18.2 Å². The Morgan fingerprint density at radius 3 is 2.53 bits per heavy atom. The van der Waals surface area contributed by atoms with Crippen LogP contribution in [0.1, 0.15) is 37.8 Å². The SMILES string of the molecule is CC(NC(=O)C1CCN(S(=O)(=O)c2ccc3c(c2)OCCCO3)CC1)c1cccc(Cl)c1. The fraction of sp³-hybridized carbons (Fsp3) is 0.435. The molecule has 2 aromatic rings. The number of nitrogens with one attached hydrogen (secondary N) is 1. The Kier molecular flexibility index (Phi) is 6.93. The third-order valence-corrected chi connectivity index (χ3v) is 8.02. The van der Waals surface area contributed by atoms with Crippen molar-refractivity contribution in [3.8, 4) is 11.5 Å². The third kappa shape index (κ3) is 5.03. The monoisotopic (exact) mass is 478 g/mol. The molecule has 0 bridgehead atoms. The van der Waals surface area contributed by atoms with Crippen molar-refractivity contribution in [2.45, 2.75) is 37.1 Å². The third-order valence-electron chi connectivity index (χ3n) is 5.89. The number of hydrogen-bond acceptors (Lipinski definition) is 5. The number of fused-ring (bicyclic) bond motifs is 1. The zero-order chi connectivity index (χ0) is 22.7. The second kappa shape index (κ2) is 9.68. The predicted octanol–water partition coefficient (Wildman–Crippen LogP) is 3.78. The molecule has 0 spiro atoms. The lowest BCUT2D eigenvalue weighted by Gasteiger charge is -2.31. The summed E-state index contributed by atoms with van der Waals surface area (Å²) in [5.41, 5.74) is 0.931. The fourth-order valence-electron chi connectivity index (χ4n) is 4.00. The molecule has 1 unspecified atom stereocenters. The summed E-state index contributed by atoms with van der Waals surface area (Å²) in [6.07, 6.45) is 1.69. The van der Waals surface area contributed by atoms with Crippen molar-refractivity contribution in [1.29, 1.82) is 0 Å². The average Bonchev–Trinajstić information content (AvgIpc) is 3.04. The molecule has 1 atom stereocenters. The summed E-state index contributed by atoms with van der Waals surface area (Å²) in [7, 11) is -3.68. The van der Waals surface area contributed by atoms with Gasteiger partial charge >= 0.3 is 0 Å². The molecule has 0 radical (unpaired) electrons. The minimum Gasteiger partial charge on any atom is -0.490 e. The number of halogens is 1. The topological polar surface area (TPSA) is 84.9 Å². The number of nitrogens with zero attached hydrogens (tertiary/aromatic N) is 1. The van der Waals surface area contributed by atoms with E-state index in [2.05, 4.69) is 5.32 Å². The molecular formula is C23H27ClN2O5S. The van der Waals surface area contributed by atoms with Gasteiger partial charge in [-0.3, -0.25) is 4.79 Å². The molecule has 0 saturated carbocycles. The van der Waals surface area contributed by atoms with E-state index in [-0.39, 0.29) is 22.8 Å². The molecule has 2 aromatic carbocycles. The number of amides is 1. The summed E-state index contributed by atoms with van der Waals surface area (Å²) in [5.74, 6) is 0.718. The molecule has 1 N–H and O–H groups in total. The number of ether oxygens (including phenoxy) is 2. The van der Waals surface area contributed by atoms with Crippen molar-refractivity contribution >= 4 is 27.5 Å². The van der Waals surface area contributed by atoms with Gasteiger partial charge < -0.3 is 14.8 Å². The Morgan fingerprint density at radius 1 is 1.09 bits per heavy atom. The first-order valence-electron chi connectivity index (χ1n) is 10.8. The van der Waals surface area contributed by atoms with E-state index in [9.17, 15) is 13.2 Å². The summed E-state index contributed by atoms with van der Waals surface area (Å²) in [4.78, 5) is 12.9. The Labute approximate surface area is 193 Å². The Balaban J connectivity index is 1.37. The molecular weight excluding hydrogens is 452 g/mol. The van der Waals surface area contributed by atoms with E-state index in [0.717, 1.165) is 12.0 Å². The number of sulfonamides is 1. The van der Waals surface area contributed by atoms with Crippen molar-refractivity contribution in [3.05, 3.63) is 53.1 Å². The number of hydrogen-bond donors (Lipinski definition) is 1. The molecule has 172 valence electrons. The van der Waals surface area contributed by atoms with Crippen molar-refractivity contribution < 1.29 is 22.7 Å². The van der Waals surface area contributed by atoms with E-state index < -0.39 is 10.0 Å². The van der Waals surface area contributed by atoms with E-state index in [0.29, 0.717) is 55.7 Å². The minimum absolute atomic E-state index is 0.0647. The fourth-order valence-corrected chi connectivity index (χ4v) is 5.69. The quantitative estimate of drug-likeness (QED) is 0.706. The number of benzene rings is 2. The van der Waals surface area contributed by atoms with E-state index in [1.165, 1.54) is 10.4 Å². The second-order valence-corrected chi connectivity index (χ2v) is 10.5. The first kappa shape index (κ1) is 22.9. The van der Waals surface area contributed by atoms with Crippen LogP contribution in [0.4, 0.5) is 0 Å². The molecule has 9 heteroatoms. The van der Waals surface area contributed by atoms with Crippen LogP contribution in [0.3, 0.4) is 0 Å². The van der Waals surface area contributed by atoms with E-state index >= 15 is 0 Å². The highest BCUT2D eigenvalue weighted by Crippen LogP contribution is 2.34. The smallest absolute Gasteiger partial charge is 0.243 e. The van der Waals surface area contributed by atoms with Gasteiger partial charge in [0.2, 0.25) is 15.9 Å². The van der Waals surface area contributed by atoms with E-state index in [4.69, 9.17) is 21.1 Å². The zero-order valence-electron chi connectivity index (χ0n) is 17.9. The minimum atomic E-state index is -3.68. The lowest BCUT2D eigenvalue weighted by Crippen LogP contribution is -2.43. The number of piperidine rings is 1. The molecule has 0 aromatic heterocycles. The van der Waals surface area contributed by atoms with Crippen LogP contribution in [0, 0.1) is 5.92 Å². The van der Waals surface area contributed by atoms with Crippen LogP contribution in [-0.2, 0) is 14.8 Å². The van der Waals surface area contributed by atoms with Crippen molar-refractivity contribution in [3.63, 3.8) is 0 Å². The summed E-state index contributed by atoms with van der Waals surface area (Å²) in [6, 6.07) is 11.9. The summed E-state index contributed by atoms with van der Waals surface area (Å²) in [6.45, 7) is 3.53. The molecule has 1 saturated heterocycles. The van der Waals surface area contributed by atoms with Gasteiger partial charge in [0.05, 0.1) is 24.2 Å². The zero-order valence-corrected chi connectivity index (χ0v) is 19.5. The standard InChI is InChI=1S/C23H27ClN2O5S/c1-16(18-4-2-5-19(24)14-18)25-23(27)17-8-10-26(11-9-17)32(28,29)20-6-7-21-22(15-20)31-13-3-12-30-21/h2,4-7,14-17H,3,8-13H2,1H3,(H,25,27). The maximum absolute atomic E-state index is 13.1. The lowest BCUT2D eigenvalue weighted by atomic mass is 9.96. The van der Waals surface area contributed by atoms with Gasteiger partial charge in [0.25, 0.3) is 0 Å². The normalized spacial score (nSPS) is 18.6. The Bertz CT molecular complexity index is 1080. The van der Waals surface area contributed by atoms with Gasteiger partial charge in [0, 0.05) is 36.5 Å². The van der Waals surface area contributed by atoms with Crippen LogP contribution in [0.5, 0.6) is 11.5 Å².